The minimum Gasteiger partial charge on any atom is -0.354 e. The molecule has 1 N–H and O–H groups in total. The Bertz CT molecular complexity index is 906. The van der Waals surface area contributed by atoms with Crippen LogP contribution in [-0.4, -0.2) is 58.8 Å². The molecule has 0 atom stereocenters. The highest BCUT2D eigenvalue weighted by atomic mass is 16.2. The van der Waals surface area contributed by atoms with Crippen LogP contribution in [0.25, 0.3) is 0 Å². The van der Waals surface area contributed by atoms with Gasteiger partial charge in [0.25, 0.3) is 5.56 Å². The Balaban J connectivity index is 1.49. The molecular formula is C18H25N7O2. The number of hydrogen-bond acceptors (Lipinski definition) is 7. The molecule has 0 unspecified atom stereocenters. The summed E-state index contributed by atoms with van der Waals surface area (Å²) in [5.41, 5.74) is 0.291. The first-order valence-corrected chi connectivity index (χ1v) is 9.42. The maximum Gasteiger partial charge on any atom is 0.329 e. The summed E-state index contributed by atoms with van der Waals surface area (Å²) in [6, 6.07) is 3.51. The Morgan fingerprint density at radius 1 is 0.889 bits per heavy atom. The van der Waals surface area contributed by atoms with Gasteiger partial charge in [-0.1, -0.05) is 0 Å². The third kappa shape index (κ3) is 3.54. The van der Waals surface area contributed by atoms with Gasteiger partial charge in [0.2, 0.25) is 5.95 Å². The van der Waals surface area contributed by atoms with Crippen molar-refractivity contribution in [3.05, 3.63) is 38.7 Å². The van der Waals surface area contributed by atoms with Crippen molar-refractivity contribution >= 4 is 17.6 Å². The first kappa shape index (κ1) is 17.6. The summed E-state index contributed by atoms with van der Waals surface area (Å²) in [7, 11) is 1.47. The molecule has 0 aliphatic carbocycles. The zero-order chi connectivity index (χ0) is 19.0. The fourth-order valence-corrected chi connectivity index (χ4v) is 3.65. The molecule has 2 aliphatic heterocycles. The normalized spacial score (nSPS) is 17.6. The molecule has 0 saturated carbocycles. The maximum atomic E-state index is 11.9. The van der Waals surface area contributed by atoms with E-state index in [0.29, 0.717) is 18.9 Å². The van der Waals surface area contributed by atoms with Gasteiger partial charge in [0, 0.05) is 64.1 Å². The second-order valence-corrected chi connectivity index (χ2v) is 7.19. The summed E-state index contributed by atoms with van der Waals surface area (Å²) in [5, 5.41) is 0. The molecule has 0 bridgehead atoms. The van der Waals surface area contributed by atoms with E-state index in [4.69, 9.17) is 4.98 Å². The van der Waals surface area contributed by atoms with E-state index >= 15 is 0 Å². The Morgan fingerprint density at radius 3 is 2.22 bits per heavy atom. The van der Waals surface area contributed by atoms with Gasteiger partial charge in [0.15, 0.2) is 0 Å². The molecule has 9 nitrogen and oxygen atoms in total. The molecule has 4 heterocycles. The number of aromatic nitrogens is 4. The lowest BCUT2D eigenvalue weighted by Gasteiger charge is -2.36. The van der Waals surface area contributed by atoms with Crippen LogP contribution in [0.5, 0.6) is 0 Å². The number of rotatable bonds is 3. The summed E-state index contributed by atoms with van der Waals surface area (Å²) < 4.78 is 1.07. The number of anilines is 3. The highest BCUT2D eigenvalue weighted by Crippen LogP contribution is 2.22. The molecule has 2 aromatic heterocycles. The van der Waals surface area contributed by atoms with E-state index in [1.807, 2.05) is 17.9 Å². The van der Waals surface area contributed by atoms with Gasteiger partial charge in [-0.25, -0.2) is 9.78 Å². The lowest BCUT2D eigenvalue weighted by molar-refractivity contribution is 0.633. The lowest BCUT2D eigenvalue weighted by atomic mass is 10.3. The van der Waals surface area contributed by atoms with Gasteiger partial charge in [-0.2, -0.15) is 4.98 Å². The van der Waals surface area contributed by atoms with Crippen molar-refractivity contribution in [3.63, 3.8) is 0 Å². The second kappa shape index (κ2) is 7.05. The van der Waals surface area contributed by atoms with E-state index in [1.165, 1.54) is 26.0 Å². The van der Waals surface area contributed by atoms with Crippen LogP contribution in [0.1, 0.15) is 18.5 Å². The zero-order valence-electron chi connectivity index (χ0n) is 15.8. The first-order chi connectivity index (χ1) is 13.0. The number of piperazine rings is 1. The van der Waals surface area contributed by atoms with Gasteiger partial charge in [-0.3, -0.25) is 14.3 Å². The molecule has 2 fully saturated rings. The number of nitrogens with zero attached hydrogens (tertiary/aromatic N) is 6. The molecule has 0 aromatic carbocycles. The quantitative estimate of drug-likeness (QED) is 0.818. The van der Waals surface area contributed by atoms with Crippen molar-refractivity contribution in [1.29, 1.82) is 0 Å². The third-order valence-corrected chi connectivity index (χ3v) is 5.29. The van der Waals surface area contributed by atoms with E-state index in [-0.39, 0.29) is 11.2 Å². The second-order valence-electron chi connectivity index (χ2n) is 7.19. The fraction of sp³-hybridized carbons (Fsp3) is 0.556. The molecule has 144 valence electrons. The number of aryl methyl sites for hydroxylation is 1. The number of aromatic amines is 1. The number of H-pyrrole nitrogens is 1. The lowest BCUT2D eigenvalue weighted by Crippen LogP contribution is -2.48. The van der Waals surface area contributed by atoms with Crippen LogP contribution in [0, 0.1) is 6.92 Å². The summed E-state index contributed by atoms with van der Waals surface area (Å²) in [5.74, 6) is 2.35. The molecule has 27 heavy (non-hydrogen) atoms. The van der Waals surface area contributed by atoms with Crippen molar-refractivity contribution < 1.29 is 0 Å². The molecule has 0 spiro atoms. The van der Waals surface area contributed by atoms with Crippen molar-refractivity contribution in [2.75, 3.05) is 54.0 Å². The molecule has 0 amide bonds. The average molecular weight is 371 g/mol. The Morgan fingerprint density at radius 2 is 1.56 bits per heavy atom. The minimum absolute atomic E-state index is 0.294. The Hall–Kier alpha value is -2.84. The van der Waals surface area contributed by atoms with E-state index < -0.39 is 0 Å². The van der Waals surface area contributed by atoms with E-state index in [9.17, 15) is 9.59 Å². The summed E-state index contributed by atoms with van der Waals surface area (Å²) >= 11 is 0. The van der Waals surface area contributed by atoms with E-state index in [2.05, 4.69) is 19.8 Å². The minimum atomic E-state index is -0.387. The maximum absolute atomic E-state index is 11.9. The SMILES string of the molecule is Cc1cc(N2CCN(c3cc(=O)n(C)c(=O)[nH]3)CC2)nc(N2CCCC2)n1. The van der Waals surface area contributed by atoms with Gasteiger partial charge in [-0.15, -0.1) is 0 Å². The van der Waals surface area contributed by atoms with Crippen molar-refractivity contribution in [2.45, 2.75) is 19.8 Å². The van der Waals surface area contributed by atoms with Crippen LogP contribution in [0.4, 0.5) is 17.6 Å². The third-order valence-electron chi connectivity index (χ3n) is 5.29. The van der Waals surface area contributed by atoms with Gasteiger partial charge in [0.05, 0.1) is 0 Å². The molecule has 4 rings (SSSR count). The Labute approximate surface area is 157 Å². The highest BCUT2D eigenvalue weighted by Gasteiger charge is 2.22. The van der Waals surface area contributed by atoms with Gasteiger partial charge in [0.1, 0.15) is 11.6 Å². The Kier molecular flexibility index (Phi) is 4.59. The summed E-state index contributed by atoms with van der Waals surface area (Å²) in [4.78, 5) is 42.4. The molecule has 0 radical (unpaired) electrons. The van der Waals surface area contributed by atoms with Crippen LogP contribution in [-0.2, 0) is 7.05 Å². The van der Waals surface area contributed by atoms with Crippen molar-refractivity contribution in [2.24, 2.45) is 7.05 Å². The molecule has 9 heteroatoms. The average Bonchev–Trinajstić information content (AvgIpc) is 3.20. The van der Waals surface area contributed by atoms with Crippen LogP contribution in [0.2, 0.25) is 0 Å². The zero-order valence-corrected chi connectivity index (χ0v) is 15.8. The predicted molar refractivity (Wildman–Crippen MR) is 105 cm³/mol. The molecule has 2 saturated heterocycles. The van der Waals surface area contributed by atoms with E-state index in [1.54, 1.807) is 0 Å². The number of hydrogen-bond donors (Lipinski definition) is 1. The van der Waals surface area contributed by atoms with Crippen LogP contribution in [0.15, 0.2) is 21.7 Å². The fourth-order valence-electron chi connectivity index (χ4n) is 3.65. The highest BCUT2D eigenvalue weighted by molar-refractivity contribution is 5.48. The largest absolute Gasteiger partial charge is 0.354 e. The smallest absolute Gasteiger partial charge is 0.329 e. The summed E-state index contributed by atoms with van der Waals surface area (Å²) in [6.07, 6.45) is 2.39. The number of nitrogens with one attached hydrogen (secondary N) is 1. The molecule has 2 aromatic rings. The van der Waals surface area contributed by atoms with Crippen molar-refractivity contribution in [3.8, 4) is 0 Å². The first-order valence-electron chi connectivity index (χ1n) is 9.42. The van der Waals surface area contributed by atoms with Crippen LogP contribution in [0.3, 0.4) is 0 Å². The molecule has 2 aliphatic rings. The topological polar surface area (TPSA) is 90.4 Å². The summed E-state index contributed by atoms with van der Waals surface area (Å²) in [6.45, 7) is 7.02. The standard InChI is InChI=1S/C18H25N7O2/c1-13-11-14(20-17(19-13)25-5-3-4-6-25)23-7-9-24(10-8-23)15-12-16(26)22(2)18(27)21-15/h11-12H,3-10H2,1-2H3,(H,21,27). The van der Waals surface area contributed by atoms with Crippen LogP contribution >= 0.6 is 0 Å². The monoisotopic (exact) mass is 371 g/mol. The van der Waals surface area contributed by atoms with E-state index in [0.717, 1.165) is 48.2 Å². The van der Waals surface area contributed by atoms with Gasteiger partial charge < -0.3 is 14.7 Å². The van der Waals surface area contributed by atoms with Crippen molar-refractivity contribution in [1.82, 2.24) is 19.5 Å². The predicted octanol–water partition coefficient (Wildman–Crippen LogP) is 0.0988. The molecular weight excluding hydrogens is 346 g/mol. The van der Waals surface area contributed by atoms with Crippen LogP contribution < -0.4 is 25.9 Å². The van der Waals surface area contributed by atoms with Gasteiger partial charge in [-0.05, 0) is 19.8 Å². The van der Waals surface area contributed by atoms with Gasteiger partial charge >= 0.3 is 5.69 Å².